The molecule has 1 aliphatic heterocycles. The normalized spacial score (nSPS) is 14.4. The number of nitrogens with one attached hydrogen (secondary N) is 1. The zero-order chi connectivity index (χ0) is 22.4. The summed E-state index contributed by atoms with van der Waals surface area (Å²) in [5.74, 6) is -0.144. The quantitative estimate of drug-likeness (QED) is 0.470. The van der Waals surface area contributed by atoms with Crippen molar-refractivity contribution in [1.82, 2.24) is 14.8 Å². The van der Waals surface area contributed by atoms with Crippen molar-refractivity contribution in [3.63, 3.8) is 0 Å². The lowest BCUT2D eigenvalue weighted by Gasteiger charge is -2.26. The standard InChI is InChI=1S/C23H31N3O5/c1-4-10-26-17-15-19(31-3)18(30-2)14-16(17)21(27)20(23(26)29)22(28)24-9-8-13-25-11-6-5-7-12-25/h4,14-15,27H,1,5-13H2,2-3H3,(H,24,28). The molecule has 0 radical (unpaired) electrons. The van der Waals surface area contributed by atoms with Crippen LogP contribution in [-0.4, -0.2) is 60.9 Å². The van der Waals surface area contributed by atoms with E-state index in [-0.39, 0.29) is 17.9 Å². The highest BCUT2D eigenvalue weighted by molar-refractivity contribution is 6.03. The van der Waals surface area contributed by atoms with Crippen LogP contribution in [0.25, 0.3) is 10.9 Å². The lowest BCUT2D eigenvalue weighted by Crippen LogP contribution is -2.36. The van der Waals surface area contributed by atoms with Gasteiger partial charge in [0.25, 0.3) is 11.5 Å². The number of amides is 1. The SMILES string of the molecule is C=CCn1c(=O)c(C(=O)NCCCN2CCCCC2)c(O)c2cc(OC)c(OC)cc21. The molecule has 31 heavy (non-hydrogen) atoms. The molecule has 2 N–H and O–H groups in total. The third-order valence-corrected chi connectivity index (χ3v) is 5.67. The summed E-state index contributed by atoms with van der Waals surface area (Å²) in [4.78, 5) is 28.3. The molecule has 0 aliphatic carbocycles. The molecule has 2 aromatic rings. The average molecular weight is 430 g/mol. The Balaban J connectivity index is 1.88. The van der Waals surface area contributed by atoms with Crippen molar-refractivity contribution in [1.29, 1.82) is 0 Å². The number of aromatic nitrogens is 1. The average Bonchev–Trinajstić information content (AvgIpc) is 2.79. The Bertz CT molecular complexity index is 1010. The predicted molar refractivity (Wildman–Crippen MR) is 120 cm³/mol. The van der Waals surface area contributed by atoms with Crippen LogP contribution < -0.4 is 20.3 Å². The molecule has 1 aromatic carbocycles. The highest BCUT2D eigenvalue weighted by atomic mass is 16.5. The maximum absolute atomic E-state index is 13.1. The second-order valence-corrected chi connectivity index (χ2v) is 7.66. The van der Waals surface area contributed by atoms with E-state index in [1.54, 1.807) is 18.2 Å². The second-order valence-electron chi connectivity index (χ2n) is 7.66. The van der Waals surface area contributed by atoms with Crippen molar-refractivity contribution in [2.45, 2.75) is 32.2 Å². The maximum Gasteiger partial charge on any atom is 0.268 e. The van der Waals surface area contributed by atoms with Gasteiger partial charge in [0.2, 0.25) is 0 Å². The largest absolute Gasteiger partial charge is 0.506 e. The number of likely N-dealkylation sites (tertiary alicyclic amines) is 1. The molecular weight excluding hydrogens is 398 g/mol. The summed E-state index contributed by atoms with van der Waals surface area (Å²) in [5.41, 5.74) is -0.424. The monoisotopic (exact) mass is 429 g/mol. The lowest BCUT2D eigenvalue weighted by molar-refractivity contribution is 0.0946. The number of nitrogens with zero attached hydrogens (tertiary/aromatic N) is 2. The van der Waals surface area contributed by atoms with Crippen LogP contribution in [0.5, 0.6) is 17.2 Å². The lowest BCUT2D eigenvalue weighted by atomic mass is 10.1. The number of aromatic hydroxyl groups is 1. The van der Waals surface area contributed by atoms with Crippen LogP contribution in [0.3, 0.4) is 0 Å². The Kier molecular flexibility index (Phi) is 7.57. The van der Waals surface area contributed by atoms with Gasteiger partial charge in [0.1, 0.15) is 11.3 Å². The first kappa shape index (κ1) is 22.7. The molecule has 0 atom stereocenters. The van der Waals surface area contributed by atoms with Crippen molar-refractivity contribution in [2.24, 2.45) is 0 Å². The number of pyridine rings is 1. The number of ether oxygens (including phenoxy) is 2. The van der Waals surface area contributed by atoms with Crippen LogP contribution in [0, 0.1) is 0 Å². The van der Waals surface area contributed by atoms with E-state index < -0.39 is 11.5 Å². The van der Waals surface area contributed by atoms with Crippen LogP contribution >= 0.6 is 0 Å². The molecular formula is C23H31N3O5. The smallest absolute Gasteiger partial charge is 0.268 e. The summed E-state index contributed by atoms with van der Waals surface area (Å²) >= 11 is 0. The number of rotatable bonds is 9. The van der Waals surface area contributed by atoms with Gasteiger partial charge in [-0.05, 0) is 45.0 Å². The van der Waals surface area contributed by atoms with E-state index in [0.29, 0.717) is 28.9 Å². The first-order valence-electron chi connectivity index (χ1n) is 10.6. The van der Waals surface area contributed by atoms with Gasteiger partial charge in [-0.15, -0.1) is 6.58 Å². The molecule has 2 heterocycles. The molecule has 0 unspecified atom stereocenters. The number of fused-ring (bicyclic) bond motifs is 1. The molecule has 168 valence electrons. The number of allylic oxidation sites excluding steroid dienone is 1. The van der Waals surface area contributed by atoms with E-state index in [0.717, 1.165) is 26.1 Å². The summed E-state index contributed by atoms with van der Waals surface area (Å²) < 4.78 is 12.0. The maximum atomic E-state index is 13.1. The van der Waals surface area contributed by atoms with E-state index in [9.17, 15) is 14.7 Å². The van der Waals surface area contributed by atoms with E-state index in [1.807, 2.05) is 0 Å². The minimum absolute atomic E-state index is 0.181. The minimum atomic E-state index is -0.587. The zero-order valence-electron chi connectivity index (χ0n) is 18.3. The molecule has 1 fully saturated rings. The summed E-state index contributed by atoms with van der Waals surface area (Å²) in [5, 5.41) is 13.9. The van der Waals surface area contributed by atoms with Crippen molar-refractivity contribution in [3.05, 3.63) is 40.7 Å². The molecule has 8 nitrogen and oxygen atoms in total. The number of hydrogen-bond acceptors (Lipinski definition) is 6. The second kappa shape index (κ2) is 10.3. The van der Waals surface area contributed by atoms with Gasteiger partial charge in [0.15, 0.2) is 11.5 Å². The molecule has 1 aliphatic rings. The number of carbonyl (C=O) groups is 1. The first-order valence-corrected chi connectivity index (χ1v) is 10.6. The minimum Gasteiger partial charge on any atom is -0.506 e. The summed E-state index contributed by atoms with van der Waals surface area (Å²) in [6.45, 7) is 7.40. The number of benzene rings is 1. The van der Waals surface area contributed by atoms with Crippen LogP contribution in [0.2, 0.25) is 0 Å². The van der Waals surface area contributed by atoms with E-state index in [2.05, 4.69) is 16.8 Å². The van der Waals surface area contributed by atoms with Crippen molar-refractivity contribution >= 4 is 16.8 Å². The van der Waals surface area contributed by atoms with E-state index in [4.69, 9.17) is 9.47 Å². The van der Waals surface area contributed by atoms with Crippen LogP contribution in [0.4, 0.5) is 0 Å². The summed E-state index contributed by atoms with van der Waals surface area (Å²) in [6.07, 6.45) is 6.06. The van der Waals surface area contributed by atoms with Crippen molar-refractivity contribution < 1.29 is 19.4 Å². The molecule has 0 spiro atoms. The first-order chi connectivity index (χ1) is 15.0. The Morgan fingerprint density at radius 2 is 1.87 bits per heavy atom. The van der Waals surface area contributed by atoms with Gasteiger partial charge < -0.3 is 29.4 Å². The topological polar surface area (TPSA) is 93.0 Å². The fourth-order valence-electron chi connectivity index (χ4n) is 4.05. The third kappa shape index (κ3) is 4.85. The zero-order valence-corrected chi connectivity index (χ0v) is 18.3. The summed E-state index contributed by atoms with van der Waals surface area (Å²) in [6, 6.07) is 3.18. The Morgan fingerprint density at radius 1 is 1.19 bits per heavy atom. The summed E-state index contributed by atoms with van der Waals surface area (Å²) in [7, 11) is 2.97. The molecule has 0 saturated carbocycles. The number of methoxy groups -OCH3 is 2. The molecule has 0 bridgehead atoms. The molecule has 8 heteroatoms. The molecule has 3 rings (SSSR count). The molecule has 1 amide bonds. The van der Waals surface area contributed by atoms with Crippen LogP contribution in [0.15, 0.2) is 29.6 Å². The number of piperidine rings is 1. The number of hydrogen-bond donors (Lipinski definition) is 2. The fourth-order valence-corrected chi connectivity index (χ4v) is 4.05. The van der Waals surface area contributed by atoms with Gasteiger partial charge in [-0.2, -0.15) is 0 Å². The Morgan fingerprint density at radius 3 is 2.52 bits per heavy atom. The van der Waals surface area contributed by atoms with Gasteiger partial charge in [0.05, 0.1) is 19.7 Å². The third-order valence-electron chi connectivity index (χ3n) is 5.67. The van der Waals surface area contributed by atoms with E-state index in [1.165, 1.54) is 38.0 Å². The highest BCUT2D eigenvalue weighted by Crippen LogP contribution is 2.36. The van der Waals surface area contributed by atoms with Gasteiger partial charge in [-0.25, -0.2) is 0 Å². The number of carbonyl (C=O) groups excluding carboxylic acids is 1. The molecule has 1 aromatic heterocycles. The molecule has 1 saturated heterocycles. The fraction of sp³-hybridized carbons (Fsp3) is 0.478. The highest BCUT2D eigenvalue weighted by Gasteiger charge is 2.23. The van der Waals surface area contributed by atoms with E-state index >= 15 is 0 Å². The Hall–Kier alpha value is -3.00. The van der Waals surface area contributed by atoms with Gasteiger partial charge in [-0.1, -0.05) is 12.5 Å². The van der Waals surface area contributed by atoms with Gasteiger partial charge in [-0.3, -0.25) is 9.59 Å². The van der Waals surface area contributed by atoms with Crippen LogP contribution in [0.1, 0.15) is 36.0 Å². The van der Waals surface area contributed by atoms with Crippen molar-refractivity contribution in [2.75, 3.05) is 40.4 Å². The van der Waals surface area contributed by atoms with Crippen molar-refractivity contribution in [3.8, 4) is 17.2 Å². The van der Waals surface area contributed by atoms with Crippen LogP contribution in [-0.2, 0) is 6.54 Å². The van der Waals surface area contributed by atoms with Gasteiger partial charge >= 0.3 is 0 Å². The van der Waals surface area contributed by atoms with Gasteiger partial charge in [0, 0.05) is 24.5 Å². The predicted octanol–water partition coefficient (Wildman–Crippen LogP) is 2.52. The Labute approximate surface area is 182 Å².